The second kappa shape index (κ2) is 7.76. The summed E-state index contributed by atoms with van der Waals surface area (Å²) in [5.74, 6) is 0. The van der Waals surface area contributed by atoms with Crippen molar-refractivity contribution >= 4 is 33.9 Å². The number of rotatable bonds is 7. The van der Waals surface area contributed by atoms with Crippen LogP contribution in [0.2, 0.25) is 0 Å². The zero-order chi connectivity index (χ0) is 9.36. The van der Waals surface area contributed by atoms with Crippen LogP contribution in [0.3, 0.4) is 0 Å². The van der Waals surface area contributed by atoms with Crippen molar-refractivity contribution in [2.24, 2.45) is 0 Å². The van der Waals surface area contributed by atoms with Crippen LogP contribution in [-0.4, -0.2) is 17.5 Å². The monoisotopic (exact) mass is 309 g/mol. The van der Waals surface area contributed by atoms with Crippen LogP contribution < -0.4 is 5.32 Å². The average molecular weight is 309 g/mol. The SMILES string of the molecule is ICCCCNCCc1ccsc1. The van der Waals surface area contributed by atoms with E-state index in [1.54, 1.807) is 11.3 Å². The van der Waals surface area contributed by atoms with Gasteiger partial charge in [-0.15, -0.1) is 0 Å². The summed E-state index contributed by atoms with van der Waals surface area (Å²) in [4.78, 5) is 0. The summed E-state index contributed by atoms with van der Waals surface area (Å²) in [7, 11) is 0. The lowest BCUT2D eigenvalue weighted by Gasteiger charge is -2.02. The van der Waals surface area contributed by atoms with Gasteiger partial charge in [-0.25, -0.2) is 0 Å². The lowest BCUT2D eigenvalue weighted by atomic mass is 10.2. The molecule has 0 aliphatic carbocycles. The first-order valence-electron chi connectivity index (χ1n) is 4.71. The topological polar surface area (TPSA) is 12.0 Å². The van der Waals surface area contributed by atoms with E-state index in [1.807, 2.05) is 0 Å². The highest BCUT2D eigenvalue weighted by Crippen LogP contribution is 2.05. The second-order valence-electron chi connectivity index (χ2n) is 3.03. The molecule has 0 radical (unpaired) electrons. The fourth-order valence-corrected chi connectivity index (χ4v) is 2.38. The molecule has 3 heteroatoms. The van der Waals surface area contributed by atoms with Crippen molar-refractivity contribution in [3.63, 3.8) is 0 Å². The van der Waals surface area contributed by atoms with Gasteiger partial charge in [-0.05, 0) is 59.2 Å². The molecule has 0 spiro atoms. The van der Waals surface area contributed by atoms with E-state index in [1.165, 1.54) is 35.8 Å². The first kappa shape index (κ1) is 11.5. The first-order valence-corrected chi connectivity index (χ1v) is 7.18. The van der Waals surface area contributed by atoms with Gasteiger partial charge in [0.15, 0.2) is 0 Å². The quantitative estimate of drug-likeness (QED) is 0.464. The van der Waals surface area contributed by atoms with Crippen LogP contribution >= 0.6 is 33.9 Å². The summed E-state index contributed by atoms with van der Waals surface area (Å²) in [6, 6.07) is 2.21. The number of halogens is 1. The molecule has 0 aromatic carbocycles. The molecule has 0 amide bonds. The maximum absolute atomic E-state index is 3.46. The van der Waals surface area contributed by atoms with E-state index in [0.717, 1.165) is 6.54 Å². The number of unbranched alkanes of at least 4 members (excludes halogenated alkanes) is 1. The number of thiophene rings is 1. The number of nitrogens with one attached hydrogen (secondary N) is 1. The Hall–Kier alpha value is 0.390. The van der Waals surface area contributed by atoms with Gasteiger partial charge in [0.2, 0.25) is 0 Å². The molecule has 1 N–H and O–H groups in total. The number of hydrogen-bond donors (Lipinski definition) is 1. The molecule has 1 nitrogen and oxygen atoms in total. The molecule has 0 unspecified atom stereocenters. The Bertz CT molecular complexity index is 199. The summed E-state index contributed by atoms with van der Waals surface area (Å²) < 4.78 is 1.28. The van der Waals surface area contributed by atoms with E-state index in [-0.39, 0.29) is 0 Å². The molecule has 74 valence electrons. The highest BCUT2D eigenvalue weighted by atomic mass is 127. The Kier molecular flexibility index (Phi) is 6.85. The van der Waals surface area contributed by atoms with Crippen molar-refractivity contribution in [1.82, 2.24) is 5.32 Å². The van der Waals surface area contributed by atoms with Gasteiger partial charge in [-0.1, -0.05) is 22.6 Å². The van der Waals surface area contributed by atoms with E-state index in [4.69, 9.17) is 0 Å². The lowest BCUT2D eigenvalue weighted by Crippen LogP contribution is -2.18. The van der Waals surface area contributed by atoms with Crippen molar-refractivity contribution in [2.75, 3.05) is 17.5 Å². The van der Waals surface area contributed by atoms with Crippen LogP contribution in [0.15, 0.2) is 16.8 Å². The summed E-state index contributed by atoms with van der Waals surface area (Å²) in [6.45, 7) is 2.30. The lowest BCUT2D eigenvalue weighted by molar-refractivity contribution is 0.644. The van der Waals surface area contributed by atoms with E-state index >= 15 is 0 Å². The van der Waals surface area contributed by atoms with Gasteiger partial charge in [0.25, 0.3) is 0 Å². The van der Waals surface area contributed by atoms with Gasteiger partial charge in [-0.3, -0.25) is 0 Å². The number of alkyl halides is 1. The zero-order valence-corrected chi connectivity index (χ0v) is 10.7. The molecule has 1 heterocycles. The van der Waals surface area contributed by atoms with Crippen molar-refractivity contribution in [2.45, 2.75) is 19.3 Å². The Morgan fingerprint density at radius 1 is 1.31 bits per heavy atom. The molecule has 0 atom stereocenters. The van der Waals surface area contributed by atoms with Crippen molar-refractivity contribution in [3.8, 4) is 0 Å². The Balaban J connectivity index is 1.90. The molecular weight excluding hydrogens is 293 g/mol. The summed E-state index contributed by atoms with van der Waals surface area (Å²) in [5.41, 5.74) is 1.46. The minimum Gasteiger partial charge on any atom is -0.316 e. The molecule has 0 saturated carbocycles. The second-order valence-corrected chi connectivity index (χ2v) is 4.89. The molecule has 0 aliphatic heterocycles. The van der Waals surface area contributed by atoms with E-state index in [0.29, 0.717) is 0 Å². The largest absolute Gasteiger partial charge is 0.316 e. The van der Waals surface area contributed by atoms with Gasteiger partial charge >= 0.3 is 0 Å². The minimum absolute atomic E-state index is 1.12. The zero-order valence-electron chi connectivity index (χ0n) is 7.76. The fourth-order valence-electron chi connectivity index (χ4n) is 1.14. The molecule has 0 bridgehead atoms. The number of hydrogen-bond acceptors (Lipinski definition) is 2. The van der Waals surface area contributed by atoms with Gasteiger partial charge < -0.3 is 5.32 Å². The van der Waals surface area contributed by atoms with Crippen LogP contribution in [0.5, 0.6) is 0 Å². The van der Waals surface area contributed by atoms with Crippen LogP contribution in [0, 0.1) is 0 Å². The van der Waals surface area contributed by atoms with Gasteiger partial charge in [0.1, 0.15) is 0 Å². The van der Waals surface area contributed by atoms with Crippen molar-refractivity contribution in [3.05, 3.63) is 22.4 Å². The summed E-state index contributed by atoms with van der Waals surface area (Å²) in [5, 5.41) is 7.83. The van der Waals surface area contributed by atoms with E-state index < -0.39 is 0 Å². The predicted molar refractivity (Wildman–Crippen MR) is 69.0 cm³/mol. The predicted octanol–water partition coefficient (Wildman–Crippen LogP) is 3.10. The Morgan fingerprint density at radius 2 is 2.23 bits per heavy atom. The van der Waals surface area contributed by atoms with Crippen LogP contribution in [0.25, 0.3) is 0 Å². The third-order valence-corrected chi connectivity index (χ3v) is 3.40. The van der Waals surface area contributed by atoms with Crippen molar-refractivity contribution in [1.29, 1.82) is 0 Å². The third kappa shape index (κ3) is 5.65. The molecule has 0 aliphatic rings. The molecular formula is C10H16INS. The molecule has 1 aromatic heterocycles. The first-order chi connectivity index (χ1) is 6.43. The average Bonchev–Trinajstić information content (AvgIpc) is 2.63. The van der Waals surface area contributed by atoms with Crippen LogP contribution in [0.1, 0.15) is 18.4 Å². The Labute approximate surface area is 98.1 Å². The highest BCUT2D eigenvalue weighted by Gasteiger charge is 1.92. The fraction of sp³-hybridized carbons (Fsp3) is 0.600. The Morgan fingerprint density at radius 3 is 2.92 bits per heavy atom. The normalized spacial score (nSPS) is 10.5. The maximum atomic E-state index is 3.46. The van der Waals surface area contributed by atoms with Gasteiger partial charge in [-0.2, -0.15) is 11.3 Å². The molecule has 0 saturated heterocycles. The molecule has 1 aromatic rings. The smallest absolute Gasteiger partial charge is 0.000426 e. The maximum Gasteiger partial charge on any atom is -0.000426 e. The van der Waals surface area contributed by atoms with E-state index in [9.17, 15) is 0 Å². The van der Waals surface area contributed by atoms with Crippen molar-refractivity contribution < 1.29 is 0 Å². The molecule has 1 rings (SSSR count). The standard InChI is InChI=1S/C10H16INS/c11-5-1-2-6-12-7-3-10-4-8-13-9-10/h4,8-9,12H,1-3,5-7H2. The van der Waals surface area contributed by atoms with Gasteiger partial charge in [0, 0.05) is 0 Å². The summed E-state index contributed by atoms with van der Waals surface area (Å²) >= 11 is 4.21. The molecule has 0 fully saturated rings. The van der Waals surface area contributed by atoms with E-state index in [2.05, 4.69) is 44.7 Å². The van der Waals surface area contributed by atoms with Crippen LogP contribution in [0.4, 0.5) is 0 Å². The molecule has 13 heavy (non-hydrogen) atoms. The third-order valence-electron chi connectivity index (χ3n) is 1.91. The summed E-state index contributed by atoms with van der Waals surface area (Å²) in [6.07, 6.45) is 3.83. The minimum atomic E-state index is 1.12. The highest BCUT2D eigenvalue weighted by molar-refractivity contribution is 14.1. The van der Waals surface area contributed by atoms with Crippen LogP contribution in [-0.2, 0) is 6.42 Å². The van der Waals surface area contributed by atoms with Gasteiger partial charge in [0.05, 0.1) is 0 Å².